The minimum atomic E-state index is -0.930. The highest BCUT2D eigenvalue weighted by atomic mass is 35.5. The Hall–Kier alpha value is -1.47. The van der Waals surface area contributed by atoms with Gasteiger partial charge in [-0.3, -0.25) is 9.69 Å². The number of halogens is 1. The van der Waals surface area contributed by atoms with Crippen LogP contribution in [0, 0.1) is 0 Å². The van der Waals surface area contributed by atoms with Crippen LogP contribution in [0.5, 0.6) is 0 Å². The Kier molecular flexibility index (Phi) is 8.43. The molecule has 7 heteroatoms. The van der Waals surface area contributed by atoms with E-state index in [9.17, 15) is 14.7 Å². The fraction of sp³-hybridized carbons (Fsp3) is 0.619. The lowest BCUT2D eigenvalue weighted by Gasteiger charge is -2.46. The van der Waals surface area contributed by atoms with Crippen molar-refractivity contribution in [1.29, 1.82) is 0 Å². The van der Waals surface area contributed by atoms with Gasteiger partial charge in [-0.1, -0.05) is 36.8 Å². The Balaban J connectivity index is 0.00000280. The predicted molar refractivity (Wildman–Crippen MR) is 111 cm³/mol. The Morgan fingerprint density at radius 2 is 1.75 bits per heavy atom. The molecule has 1 unspecified atom stereocenters. The van der Waals surface area contributed by atoms with E-state index in [-0.39, 0.29) is 35.5 Å². The molecule has 1 heterocycles. The molecule has 6 nitrogen and oxygen atoms in total. The largest absolute Gasteiger partial charge is 0.480 e. The number of nitrogens with zero attached hydrogens (tertiary/aromatic N) is 2. The van der Waals surface area contributed by atoms with Gasteiger partial charge in [-0.15, -0.1) is 17.8 Å². The molecule has 1 saturated heterocycles. The van der Waals surface area contributed by atoms with Crippen molar-refractivity contribution in [3.8, 4) is 0 Å². The number of carboxylic acid groups (broad SMARTS) is 1. The van der Waals surface area contributed by atoms with E-state index >= 15 is 0 Å². The highest BCUT2D eigenvalue weighted by molar-refractivity contribution is 5.85. The number of carbonyl (C=O) groups excluding carboxylic acids is 1. The van der Waals surface area contributed by atoms with Crippen molar-refractivity contribution in [3.63, 3.8) is 0 Å². The summed E-state index contributed by atoms with van der Waals surface area (Å²) in [6.45, 7) is 1.97. The quantitative estimate of drug-likeness (QED) is 0.534. The van der Waals surface area contributed by atoms with Gasteiger partial charge in [0.05, 0.1) is 19.5 Å². The SMILES string of the molecule is C[N+](NCC(=O)O)(C(=O)Cc1ccccc1)[C@@H]1CCCC[C@H]1N1CCCC1.Cl. The third kappa shape index (κ3) is 5.32. The van der Waals surface area contributed by atoms with Gasteiger partial charge in [-0.25, -0.2) is 4.79 Å². The second-order valence-corrected chi connectivity index (χ2v) is 8.02. The summed E-state index contributed by atoms with van der Waals surface area (Å²) in [6, 6.07) is 10.2. The standard InChI is InChI=1S/C21H31N3O3.ClH/c1-24(22-16-21(26)27,20(25)15-17-9-3-2-4-10-17)19-12-6-5-11-18(19)23-13-7-8-14-23;/h2-4,9-10,18-19,22H,5-8,11-16H2,1H3;1H/p+1/t18-,19-,24?;/m1./s1. The molecule has 0 aromatic heterocycles. The van der Waals surface area contributed by atoms with Gasteiger partial charge in [-0.05, 0) is 44.3 Å². The maximum atomic E-state index is 13.4. The topological polar surface area (TPSA) is 69.6 Å². The molecule has 0 bridgehead atoms. The van der Waals surface area contributed by atoms with E-state index in [1.54, 1.807) is 0 Å². The van der Waals surface area contributed by atoms with Gasteiger partial charge in [-0.2, -0.15) is 4.59 Å². The Labute approximate surface area is 173 Å². The van der Waals surface area contributed by atoms with Gasteiger partial charge < -0.3 is 5.11 Å². The number of aliphatic carboxylic acids is 1. The summed E-state index contributed by atoms with van der Waals surface area (Å²) in [6.07, 6.45) is 7.06. The number of quaternary nitrogens is 1. The number of hydrogen-bond acceptors (Lipinski definition) is 4. The molecule has 1 saturated carbocycles. The lowest BCUT2D eigenvalue weighted by atomic mass is 9.87. The summed E-state index contributed by atoms with van der Waals surface area (Å²) in [5.74, 6) is -0.890. The van der Waals surface area contributed by atoms with Crippen LogP contribution in [0.15, 0.2) is 30.3 Å². The fourth-order valence-corrected chi connectivity index (χ4v) is 4.75. The smallest absolute Gasteiger partial charge is 0.337 e. The highest BCUT2D eigenvalue weighted by Gasteiger charge is 2.48. The second kappa shape index (κ2) is 10.3. The van der Waals surface area contributed by atoms with Crippen LogP contribution in [0.1, 0.15) is 44.1 Å². The van der Waals surface area contributed by atoms with Crippen LogP contribution in [0.2, 0.25) is 0 Å². The fourth-order valence-electron chi connectivity index (χ4n) is 4.75. The van der Waals surface area contributed by atoms with Crippen LogP contribution in [0.4, 0.5) is 0 Å². The third-order valence-electron chi connectivity index (χ3n) is 6.24. The first-order valence-corrected chi connectivity index (χ1v) is 10.1. The summed E-state index contributed by atoms with van der Waals surface area (Å²) >= 11 is 0. The third-order valence-corrected chi connectivity index (χ3v) is 6.24. The molecule has 1 aliphatic heterocycles. The molecular formula is C21H33ClN3O3+. The van der Waals surface area contributed by atoms with Gasteiger partial charge in [0.15, 0.2) is 0 Å². The monoisotopic (exact) mass is 410 g/mol. The van der Waals surface area contributed by atoms with E-state index < -0.39 is 5.97 Å². The average Bonchev–Trinajstić information content (AvgIpc) is 3.21. The molecule has 28 heavy (non-hydrogen) atoms. The summed E-state index contributed by atoms with van der Waals surface area (Å²) in [4.78, 5) is 27.2. The number of likely N-dealkylation sites (tertiary alicyclic amines) is 1. The lowest BCUT2D eigenvalue weighted by molar-refractivity contribution is -0.907. The number of amides is 1. The Morgan fingerprint density at radius 3 is 2.39 bits per heavy atom. The van der Waals surface area contributed by atoms with Crippen molar-refractivity contribution in [3.05, 3.63) is 35.9 Å². The zero-order valence-electron chi connectivity index (χ0n) is 16.7. The first-order chi connectivity index (χ1) is 13.0. The number of rotatable bonds is 7. The van der Waals surface area contributed by atoms with Gasteiger partial charge in [0.2, 0.25) is 0 Å². The number of carbonyl (C=O) groups is 2. The first kappa shape index (κ1) is 22.8. The molecular weight excluding hydrogens is 378 g/mol. The van der Waals surface area contributed by atoms with Gasteiger partial charge in [0, 0.05) is 6.42 Å². The molecule has 2 aliphatic rings. The highest BCUT2D eigenvalue weighted by Crippen LogP contribution is 2.32. The number of benzene rings is 1. The Bertz CT molecular complexity index is 652. The van der Waals surface area contributed by atoms with Gasteiger partial charge in [0.1, 0.15) is 12.6 Å². The van der Waals surface area contributed by atoms with Gasteiger partial charge in [0.25, 0.3) is 0 Å². The number of nitrogens with one attached hydrogen (secondary N) is 1. The molecule has 1 aromatic rings. The van der Waals surface area contributed by atoms with Crippen molar-refractivity contribution < 1.29 is 19.3 Å². The normalized spacial score (nSPS) is 24.9. The molecule has 156 valence electrons. The van der Waals surface area contributed by atoms with E-state index in [0.717, 1.165) is 37.9 Å². The van der Waals surface area contributed by atoms with Crippen molar-refractivity contribution in [2.45, 2.75) is 57.0 Å². The molecule has 2 fully saturated rings. The van der Waals surface area contributed by atoms with E-state index in [1.165, 1.54) is 19.3 Å². The minimum Gasteiger partial charge on any atom is -0.480 e. The van der Waals surface area contributed by atoms with Crippen LogP contribution >= 0.6 is 12.4 Å². The van der Waals surface area contributed by atoms with E-state index in [2.05, 4.69) is 10.3 Å². The van der Waals surface area contributed by atoms with Crippen LogP contribution < -0.4 is 5.43 Å². The molecule has 3 atom stereocenters. The van der Waals surface area contributed by atoms with Crippen molar-refractivity contribution in [2.75, 3.05) is 26.7 Å². The predicted octanol–water partition coefficient (Wildman–Crippen LogP) is 2.62. The zero-order chi connectivity index (χ0) is 19.3. The molecule has 0 radical (unpaired) electrons. The molecule has 1 aromatic carbocycles. The Morgan fingerprint density at radius 1 is 1.11 bits per heavy atom. The first-order valence-electron chi connectivity index (χ1n) is 10.1. The number of carboxylic acids is 1. The van der Waals surface area contributed by atoms with Gasteiger partial charge >= 0.3 is 11.9 Å². The summed E-state index contributed by atoms with van der Waals surface area (Å²) in [7, 11) is 1.88. The molecule has 1 aliphatic carbocycles. The number of hydrogen-bond donors (Lipinski definition) is 2. The molecule has 2 N–H and O–H groups in total. The van der Waals surface area contributed by atoms with Crippen LogP contribution in [0.3, 0.4) is 0 Å². The van der Waals surface area contributed by atoms with Crippen LogP contribution in [-0.2, 0) is 16.0 Å². The maximum Gasteiger partial charge on any atom is 0.337 e. The summed E-state index contributed by atoms with van der Waals surface area (Å²) in [5.41, 5.74) is 4.07. The van der Waals surface area contributed by atoms with Crippen LogP contribution in [-0.4, -0.2) is 65.2 Å². The maximum absolute atomic E-state index is 13.4. The average molecular weight is 411 g/mol. The van der Waals surface area contributed by atoms with Crippen LogP contribution in [0.25, 0.3) is 0 Å². The van der Waals surface area contributed by atoms with Crippen molar-refractivity contribution in [1.82, 2.24) is 10.3 Å². The second-order valence-electron chi connectivity index (χ2n) is 8.02. The summed E-state index contributed by atoms with van der Waals surface area (Å²) < 4.78 is 0.00234. The van der Waals surface area contributed by atoms with E-state index in [4.69, 9.17) is 0 Å². The molecule has 0 spiro atoms. The van der Waals surface area contributed by atoms with Crippen molar-refractivity contribution in [2.24, 2.45) is 0 Å². The molecule has 3 rings (SSSR count). The van der Waals surface area contributed by atoms with Crippen molar-refractivity contribution >= 4 is 24.3 Å². The zero-order valence-corrected chi connectivity index (χ0v) is 17.5. The molecule has 1 amide bonds. The summed E-state index contributed by atoms with van der Waals surface area (Å²) in [5, 5.41) is 9.23. The number of likely N-dealkylation sites (N-methyl/N-ethyl adjacent to an activating group) is 1. The van der Waals surface area contributed by atoms with E-state index in [1.807, 2.05) is 37.4 Å². The lowest BCUT2D eigenvalue weighted by Crippen LogP contribution is -2.71. The minimum absolute atomic E-state index is 0. The van der Waals surface area contributed by atoms with E-state index in [0.29, 0.717) is 12.5 Å².